The van der Waals surface area contributed by atoms with E-state index in [1.807, 2.05) is 0 Å². The second-order valence-corrected chi connectivity index (χ2v) is 2.72. The highest BCUT2D eigenvalue weighted by molar-refractivity contribution is 5.47. The minimum absolute atomic E-state index is 0.137. The lowest BCUT2D eigenvalue weighted by Crippen LogP contribution is -2.01. The van der Waals surface area contributed by atoms with Gasteiger partial charge in [-0.3, -0.25) is 4.39 Å². The van der Waals surface area contributed by atoms with Gasteiger partial charge in [0.25, 0.3) is 0 Å². The summed E-state index contributed by atoms with van der Waals surface area (Å²) in [5, 5.41) is 0. The second-order valence-electron chi connectivity index (χ2n) is 2.72. The van der Waals surface area contributed by atoms with Crippen molar-refractivity contribution in [3.8, 4) is 12.3 Å². The molecule has 1 radical (unpaired) electrons. The van der Waals surface area contributed by atoms with Crippen LogP contribution in [0.4, 0.5) is 8.78 Å². The molecule has 0 saturated heterocycles. The first-order valence-electron chi connectivity index (χ1n) is 3.84. The zero-order valence-corrected chi connectivity index (χ0v) is 7.27. The largest absolute Gasteiger partial charge is 0.250 e. The molecule has 1 aromatic rings. The zero-order valence-electron chi connectivity index (χ0n) is 7.27. The predicted molar refractivity (Wildman–Crippen MR) is 48.3 cm³/mol. The van der Waals surface area contributed by atoms with E-state index in [1.165, 1.54) is 12.1 Å². The molecule has 0 atom stereocenters. The van der Waals surface area contributed by atoms with Gasteiger partial charge in [-0.1, -0.05) is 25.0 Å². The van der Waals surface area contributed by atoms with Crippen molar-refractivity contribution in [1.82, 2.24) is 0 Å². The summed E-state index contributed by atoms with van der Waals surface area (Å²) < 4.78 is 25.4. The van der Waals surface area contributed by atoms with Crippen LogP contribution in [0.15, 0.2) is 18.2 Å². The maximum absolute atomic E-state index is 13.1. The molecular weight excluding hydrogens is 170 g/mol. The summed E-state index contributed by atoms with van der Waals surface area (Å²) in [6.45, 7) is 0.980. The summed E-state index contributed by atoms with van der Waals surface area (Å²) in [6, 6.07) is 4.40. The molecule has 0 bridgehead atoms. The molecule has 0 amide bonds. The van der Waals surface area contributed by atoms with Gasteiger partial charge in [-0.2, -0.15) is 0 Å². The number of alkyl halides is 1. The van der Waals surface area contributed by atoms with Crippen LogP contribution in [0.2, 0.25) is 0 Å². The minimum atomic E-state index is -0.613. The third kappa shape index (κ3) is 1.86. The molecule has 0 unspecified atom stereocenters. The van der Waals surface area contributed by atoms with E-state index in [-0.39, 0.29) is 5.56 Å². The summed E-state index contributed by atoms with van der Waals surface area (Å²) in [4.78, 5) is 0. The maximum atomic E-state index is 13.1. The van der Waals surface area contributed by atoms with Crippen molar-refractivity contribution in [2.45, 2.75) is 6.92 Å². The van der Waals surface area contributed by atoms with Crippen molar-refractivity contribution < 1.29 is 8.78 Å². The molecule has 1 rings (SSSR count). The van der Waals surface area contributed by atoms with E-state index < -0.39 is 12.5 Å². The normalized spacial score (nSPS) is 10.1. The van der Waals surface area contributed by atoms with Gasteiger partial charge in [0.1, 0.15) is 5.82 Å². The van der Waals surface area contributed by atoms with Crippen LogP contribution in [-0.2, 0) is 0 Å². The van der Waals surface area contributed by atoms with Gasteiger partial charge in [0, 0.05) is 5.92 Å². The molecule has 0 aliphatic carbocycles. The summed E-state index contributed by atoms with van der Waals surface area (Å²) in [6.07, 6.45) is 5.12. The quantitative estimate of drug-likeness (QED) is 0.612. The summed E-state index contributed by atoms with van der Waals surface area (Å²) in [5.74, 6) is 2.19. The van der Waals surface area contributed by atoms with Crippen LogP contribution >= 0.6 is 0 Å². The fourth-order valence-corrected chi connectivity index (χ4v) is 1.10. The number of halogens is 2. The topological polar surface area (TPSA) is 0 Å². The van der Waals surface area contributed by atoms with Crippen molar-refractivity contribution in [1.29, 1.82) is 0 Å². The third-order valence-corrected chi connectivity index (χ3v) is 1.82. The highest BCUT2D eigenvalue weighted by atomic mass is 19.1. The highest BCUT2D eigenvalue weighted by Crippen LogP contribution is 2.20. The lowest BCUT2D eigenvalue weighted by atomic mass is 9.97. The molecule has 0 aromatic heterocycles. The van der Waals surface area contributed by atoms with Crippen LogP contribution < -0.4 is 0 Å². The molecule has 1 aromatic carbocycles. The van der Waals surface area contributed by atoms with Gasteiger partial charge in [0.15, 0.2) is 0 Å². The average Bonchev–Trinajstić information content (AvgIpc) is 2.16. The molecule has 0 aliphatic rings. The van der Waals surface area contributed by atoms with Crippen molar-refractivity contribution in [3.63, 3.8) is 0 Å². The maximum Gasteiger partial charge on any atom is 0.139 e. The van der Waals surface area contributed by atoms with E-state index in [4.69, 9.17) is 6.42 Å². The van der Waals surface area contributed by atoms with Gasteiger partial charge in [-0.25, -0.2) is 4.39 Å². The number of benzene rings is 1. The van der Waals surface area contributed by atoms with Crippen molar-refractivity contribution in [3.05, 3.63) is 41.1 Å². The minimum Gasteiger partial charge on any atom is -0.250 e. The molecule has 0 spiro atoms. The first kappa shape index (κ1) is 9.73. The molecular formula is C11H9F2. The Morgan fingerprint density at radius 1 is 1.54 bits per heavy atom. The van der Waals surface area contributed by atoms with Crippen LogP contribution in [0.25, 0.3) is 0 Å². The summed E-state index contributed by atoms with van der Waals surface area (Å²) in [5.41, 5.74) is 0.614. The first-order chi connectivity index (χ1) is 6.20. The van der Waals surface area contributed by atoms with Crippen molar-refractivity contribution >= 4 is 0 Å². The van der Waals surface area contributed by atoms with Crippen molar-refractivity contribution in [2.75, 3.05) is 6.67 Å². The van der Waals surface area contributed by atoms with Crippen LogP contribution in [0.5, 0.6) is 0 Å². The Balaban J connectivity index is 3.22. The summed E-state index contributed by atoms with van der Waals surface area (Å²) in [7, 11) is 0. The second kappa shape index (κ2) is 4.04. The fraction of sp³-hybridized carbons (Fsp3) is 0.182. The third-order valence-electron chi connectivity index (χ3n) is 1.82. The van der Waals surface area contributed by atoms with Crippen molar-refractivity contribution in [2.24, 2.45) is 0 Å². The van der Waals surface area contributed by atoms with Crippen LogP contribution in [0.3, 0.4) is 0 Å². The fourth-order valence-electron chi connectivity index (χ4n) is 1.10. The SMILES string of the molecule is C#Cc1c(F)cccc1[C](C)CF. The molecule has 0 aliphatic heterocycles. The highest BCUT2D eigenvalue weighted by Gasteiger charge is 2.12. The molecule has 67 valence electrons. The van der Waals surface area contributed by atoms with Gasteiger partial charge in [-0.05, 0) is 11.6 Å². The van der Waals surface area contributed by atoms with Crippen LogP contribution in [-0.4, -0.2) is 6.67 Å². The predicted octanol–water partition coefficient (Wildman–Crippen LogP) is 2.72. The van der Waals surface area contributed by atoms with E-state index in [0.717, 1.165) is 0 Å². The van der Waals surface area contributed by atoms with E-state index in [9.17, 15) is 8.78 Å². The smallest absolute Gasteiger partial charge is 0.139 e. The molecule has 2 heteroatoms. The average molecular weight is 179 g/mol. The molecule has 13 heavy (non-hydrogen) atoms. The Labute approximate surface area is 76.6 Å². The monoisotopic (exact) mass is 179 g/mol. The van der Waals surface area contributed by atoms with E-state index in [1.54, 1.807) is 13.0 Å². The van der Waals surface area contributed by atoms with Gasteiger partial charge in [-0.15, -0.1) is 6.42 Å². The molecule has 0 nitrogen and oxygen atoms in total. The van der Waals surface area contributed by atoms with E-state index in [2.05, 4.69) is 5.92 Å². The van der Waals surface area contributed by atoms with Gasteiger partial charge in [0.05, 0.1) is 12.2 Å². The number of hydrogen-bond acceptors (Lipinski definition) is 0. The Morgan fingerprint density at radius 2 is 2.23 bits per heavy atom. The van der Waals surface area contributed by atoms with E-state index in [0.29, 0.717) is 11.5 Å². The van der Waals surface area contributed by atoms with Gasteiger partial charge in [0.2, 0.25) is 0 Å². The Hall–Kier alpha value is -1.36. The van der Waals surface area contributed by atoms with Crippen LogP contribution in [0, 0.1) is 24.1 Å². The molecule has 0 N–H and O–H groups in total. The zero-order chi connectivity index (χ0) is 9.84. The number of terminal acetylenes is 1. The number of rotatable bonds is 2. The Kier molecular flexibility index (Phi) is 3.02. The molecule has 0 saturated carbocycles. The van der Waals surface area contributed by atoms with Gasteiger partial charge >= 0.3 is 0 Å². The first-order valence-corrected chi connectivity index (χ1v) is 3.84. The lowest BCUT2D eigenvalue weighted by Gasteiger charge is -2.09. The Morgan fingerprint density at radius 3 is 2.77 bits per heavy atom. The Bertz CT molecular complexity index is 336. The van der Waals surface area contributed by atoms with Crippen LogP contribution in [0.1, 0.15) is 18.1 Å². The van der Waals surface area contributed by atoms with E-state index >= 15 is 0 Å². The standard InChI is InChI=1S/C11H9F2/c1-3-9-10(8(2)7-12)5-4-6-11(9)13/h1,4-6H,7H2,2H3. The lowest BCUT2D eigenvalue weighted by molar-refractivity contribution is 0.515. The summed E-state index contributed by atoms with van der Waals surface area (Å²) >= 11 is 0. The number of hydrogen-bond donors (Lipinski definition) is 0. The van der Waals surface area contributed by atoms with Gasteiger partial charge < -0.3 is 0 Å². The molecule has 0 fully saturated rings. The molecule has 0 heterocycles.